The van der Waals surface area contributed by atoms with E-state index in [-0.39, 0.29) is 29.4 Å². The van der Waals surface area contributed by atoms with E-state index < -0.39 is 0 Å². The fourth-order valence-corrected chi connectivity index (χ4v) is 4.42. The van der Waals surface area contributed by atoms with Gasteiger partial charge in [-0.2, -0.15) is 0 Å². The van der Waals surface area contributed by atoms with E-state index in [1.54, 1.807) is 0 Å². The summed E-state index contributed by atoms with van der Waals surface area (Å²) in [5.41, 5.74) is 1.31. The van der Waals surface area contributed by atoms with Gasteiger partial charge in [-0.25, -0.2) is 0 Å². The molecule has 1 aliphatic carbocycles. The number of aryl methyl sites for hydroxylation is 1. The molecule has 2 aliphatic rings. The molecule has 1 saturated carbocycles. The first-order valence-corrected chi connectivity index (χ1v) is 8.59. The number of halogens is 2. The molecule has 0 bridgehead atoms. The minimum atomic E-state index is 0. The Balaban J connectivity index is 0.00000208. The molecule has 1 N–H and O–H groups in total. The van der Waals surface area contributed by atoms with Gasteiger partial charge in [0.05, 0.1) is 17.7 Å². The molecule has 0 radical (unpaired) electrons. The third-order valence-electron chi connectivity index (χ3n) is 5.43. The van der Waals surface area contributed by atoms with Crippen molar-refractivity contribution in [1.29, 1.82) is 0 Å². The normalized spacial score (nSPS) is 27.9. The van der Waals surface area contributed by atoms with Gasteiger partial charge >= 0.3 is 0 Å². The second kappa shape index (κ2) is 7.41. The van der Waals surface area contributed by atoms with Gasteiger partial charge < -0.3 is 19.5 Å². The maximum atomic E-state index is 6.08. The number of rotatable bonds is 3. The van der Waals surface area contributed by atoms with E-state index in [2.05, 4.69) is 40.7 Å². The van der Waals surface area contributed by atoms with Crippen molar-refractivity contribution in [3.63, 3.8) is 0 Å². The van der Waals surface area contributed by atoms with Gasteiger partial charge in [-0.05, 0) is 12.5 Å². The van der Waals surface area contributed by atoms with Gasteiger partial charge in [-0.15, -0.1) is 24.0 Å². The summed E-state index contributed by atoms with van der Waals surface area (Å²) in [4.78, 5) is 6.61. The van der Waals surface area contributed by atoms with Crippen LogP contribution in [0.25, 0.3) is 0 Å². The summed E-state index contributed by atoms with van der Waals surface area (Å²) in [6.45, 7) is 6.21. The molecule has 136 valence electrons. The molecular weight excluding hydrogens is 439 g/mol. The highest BCUT2D eigenvalue weighted by Gasteiger charge is 2.59. The highest BCUT2D eigenvalue weighted by Crippen LogP contribution is 2.52. The Bertz CT molecular complexity index is 616. The topological polar surface area (TPSA) is 41.8 Å². The number of hydrogen-bond acceptors (Lipinski definition) is 2. The summed E-state index contributed by atoms with van der Waals surface area (Å²) >= 11 is 6.08. The van der Waals surface area contributed by atoms with Crippen LogP contribution in [0.2, 0.25) is 5.02 Å². The highest BCUT2D eigenvalue weighted by molar-refractivity contribution is 14.0. The second-order valence-corrected chi connectivity index (χ2v) is 7.79. The summed E-state index contributed by atoms with van der Waals surface area (Å²) in [6.07, 6.45) is 3.45. The molecule has 24 heavy (non-hydrogen) atoms. The summed E-state index contributed by atoms with van der Waals surface area (Å²) in [5.74, 6) is 1.52. The molecule has 3 rings (SSSR count). The number of nitrogens with zero attached hydrogens (tertiary/aromatic N) is 3. The molecule has 1 aliphatic heterocycles. The van der Waals surface area contributed by atoms with Crippen LogP contribution in [-0.2, 0) is 18.3 Å². The molecule has 2 fully saturated rings. The van der Waals surface area contributed by atoms with Crippen LogP contribution in [0, 0.1) is 11.3 Å². The lowest BCUT2D eigenvalue weighted by atomic mass is 9.57. The smallest absolute Gasteiger partial charge is 0.193 e. The zero-order chi connectivity index (χ0) is 16.8. The van der Waals surface area contributed by atoms with Gasteiger partial charge in [0.15, 0.2) is 5.96 Å². The Morgan fingerprint density at radius 1 is 1.54 bits per heavy atom. The molecule has 1 aromatic rings. The Labute approximate surface area is 166 Å². The second-order valence-electron chi connectivity index (χ2n) is 7.35. The van der Waals surface area contributed by atoms with Gasteiger partial charge in [0.25, 0.3) is 0 Å². The summed E-state index contributed by atoms with van der Waals surface area (Å²) < 4.78 is 7.93. The zero-order valence-corrected chi connectivity index (χ0v) is 18.1. The van der Waals surface area contributed by atoms with Crippen LogP contribution in [0.15, 0.2) is 17.3 Å². The van der Waals surface area contributed by atoms with Crippen molar-refractivity contribution >= 4 is 41.5 Å². The number of fused-ring (bicyclic) bond motifs is 1. The molecule has 1 saturated heterocycles. The molecule has 7 heteroatoms. The fraction of sp³-hybridized carbons (Fsp3) is 0.706. The molecular formula is C17H28ClIN4O. The third-order valence-corrected chi connectivity index (χ3v) is 5.64. The van der Waals surface area contributed by atoms with Gasteiger partial charge in [-0.1, -0.05) is 25.4 Å². The summed E-state index contributed by atoms with van der Waals surface area (Å²) in [6, 6.07) is 2.41. The Morgan fingerprint density at radius 2 is 2.25 bits per heavy atom. The predicted octanol–water partition coefficient (Wildman–Crippen LogP) is 3.12. The van der Waals surface area contributed by atoms with Gasteiger partial charge in [0, 0.05) is 57.0 Å². The fourth-order valence-electron chi connectivity index (χ4n) is 4.14. The van der Waals surface area contributed by atoms with E-state index >= 15 is 0 Å². The van der Waals surface area contributed by atoms with Gasteiger partial charge in [-0.3, -0.25) is 4.99 Å². The van der Waals surface area contributed by atoms with Crippen molar-refractivity contribution in [1.82, 2.24) is 14.8 Å². The molecule has 2 heterocycles. The number of aliphatic imine (C=N–C) groups is 1. The first-order valence-electron chi connectivity index (χ1n) is 8.21. The lowest BCUT2D eigenvalue weighted by Crippen LogP contribution is -2.67. The average Bonchev–Trinajstić information content (AvgIpc) is 3.05. The van der Waals surface area contributed by atoms with E-state index in [9.17, 15) is 0 Å². The summed E-state index contributed by atoms with van der Waals surface area (Å²) in [5, 5.41) is 4.43. The number of hydrogen-bond donors (Lipinski definition) is 1. The van der Waals surface area contributed by atoms with E-state index in [1.165, 1.54) is 0 Å². The average molecular weight is 467 g/mol. The van der Waals surface area contributed by atoms with Crippen molar-refractivity contribution in [2.75, 3.05) is 20.7 Å². The number of nitrogens with one attached hydrogen (secondary N) is 1. The molecule has 0 aromatic carbocycles. The standard InChI is InChI=1S/C17H27ClN4O.HI/c1-17(2)14(13-6-7-23-15(13)17)20-16(19-3)22(5)10-12-8-11(18)9-21(12)4;/h8-9,13-15H,6-7,10H2,1-5H3,(H,19,20);1H. The van der Waals surface area contributed by atoms with Crippen LogP contribution < -0.4 is 5.32 Å². The van der Waals surface area contributed by atoms with Crippen molar-refractivity contribution in [3.8, 4) is 0 Å². The monoisotopic (exact) mass is 466 g/mol. The predicted molar refractivity (Wildman–Crippen MR) is 109 cm³/mol. The first-order chi connectivity index (χ1) is 10.8. The lowest BCUT2D eigenvalue weighted by molar-refractivity contribution is -0.107. The van der Waals surface area contributed by atoms with Crippen LogP contribution in [-0.4, -0.2) is 48.3 Å². The molecule has 1 aromatic heterocycles. The van der Waals surface area contributed by atoms with Crippen molar-refractivity contribution in [2.45, 2.75) is 39.0 Å². The van der Waals surface area contributed by atoms with Crippen LogP contribution in [0.3, 0.4) is 0 Å². The summed E-state index contributed by atoms with van der Waals surface area (Å²) in [7, 11) is 5.91. The number of ether oxygens (including phenoxy) is 1. The third kappa shape index (κ3) is 3.42. The number of aromatic nitrogens is 1. The van der Waals surface area contributed by atoms with Crippen LogP contribution in [0.4, 0.5) is 0 Å². The van der Waals surface area contributed by atoms with Crippen LogP contribution >= 0.6 is 35.6 Å². The Kier molecular flexibility index (Phi) is 6.13. The van der Waals surface area contributed by atoms with Gasteiger partial charge in [0.2, 0.25) is 0 Å². The molecule has 3 atom stereocenters. The minimum Gasteiger partial charge on any atom is -0.377 e. The maximum absolute atomic E-state index is 6.08. The first kappa shape index (κ1) is 19.8. The lowest BCUT2D eigenvalue weighted by Gasteiger charge is -2.55. The van der Waals surface area contributed by atoms with E-state index in [0.29, 0.717) is 18.1 Å². The molecule has 3 unspecified atom stereocenters. The van der Waals surface area contributed by atoms with Gasteiger partial charge in [0.1, 0.15) is 0 Å². The quantitative estimate of drug-likeness (QED) is 0.423. The Morgan fingerprint density at radius 3 is 2.83 bits per heavy atom. The largest absolute Gasteiger partial charge is 0.377 e. The van der Waals surface area contributed by atoms with E-state index in [0.717, 1.165) is 36.2 Å². The minimum absolute atomic E-state index is 0. The van der Waals surface area contributed by atoms with Crippen molar-refractivity contribution in [3.05, 3.63) is 23.0 Å². The molecule has 5 nitrogen and oxygen atoms in total. The molecule has 0 amide bonds. The van der Waals surface area contributed by atoms with Crippen molar-refractivity contribution < 1.29 is 4.74 Å². The van der Waals surface area contributed by atoms with Crippen molar-refractivity contribution in [2.24, 2.45) is 23.4 Å². The van der Waals surface area contributed by atoms with Crippen LogP contribution in [0.5, 0.6) is 0 Å². The Hall–Kier alpha value is -0.470. The van der Waals surface area contributed by atoms with E-state index in [4.69, 9.17) is 16.3 Å². The maximum Gasteiger partial charge on any atom is 0.193 e. The highest BCUT2D eigenvalue weighted by atomic mass is 127. The molecule has 0 spiro atoms. The SMILES string of the molecule is CN=C(NC1C2CCOC2C1(C)C)N(C)Cc1cc(Cl)cn1C.I. The van der Waals surface area contributed by atoms with Crippen LogP contribution in [0.1, 0.15) is 26.0 Å². The van der Waals surface area contributed by atoms with E-state index in [1.807, 2.05) is 26.4 Å². The zero-order valence-electron chi connectivity index (χ0n) is 15.0. The number of guanidine groups is 1.